The lowest BCUT2D eigenvalue weighted by Crippen LogP contribution is -2.30. The first-order valence-electron chi connectivity index (χ1n) is 10.1. The molecule has 3 aromatic carbocycles. The number of halogens is 3. The predicted octanol–water partition coefficient (Wildman–Crippen LogP) is 6.71. The van der Waals surface area contributed by atoms with Crippen molar-refractivity contribution in [1.82, 2.24) is 0 Å². The fourth-order valence-electron chi connectivity index (χ4n) is 3.46. The molecule has 0 radical (unpaired) electrons. The number of hydrogen-bond acceptors (Lipinski definition) is 4. The highest BCUT2D eigenvalue weighted by atomic mass is 35.5. The normalized spacial score (nSPS) is 16.8. The number of thioether (sulfide) groups is 1. The highest BCUT2D eigenvalue weighted by molar-refractivity contribution is 8.05. The van der Waals surface area contributed by atoms with Crippen molar-refractivity contribution >= 4 is 69.8 Å². The number of nitrogens with zero attached hydrogens (tertiary/aromatic N) is 2. The molecule has 0 bridgehead atoms. The molecule has 0 saturated carbocycles. The minimum Gasteiger partial charge on any atom is -0.321 e. The van der Waals surface area contributed by atoms with Gasteiger partial charge in [-0.1, -0.05) is 70.8 Å². The lowest BCUT2D eigenvalue weighted by molar-refractivity contribution is -0.117. The van der Waals surface area contributed by atoms with Gasteiger partial charge in [0.05, 0.1) is 5.25 Å². The second-order valence-electron chi connectivity index (χ2n) is 7.31. The van der Waals surface area contributed by atoms with E-state index in [1.807, 2.05) is 12.1 Å². The summed E-state index contributed by atoms with van der Waals surface area (Å²) in [5.74, 6) is -0.895. The Morgan fingerprint density at radius 1 is 1.00 bits per heavy atom. The number of nitriles is 1. The van der Waals surface area contributed by atoms with Gasteiger partial charge in [-0.05, 0) is 60.5 Å². The SMILES string of the molecule is N#C/C(C(=O)Nc1cccc(Cl)c1)=C1/S[C@@H](Cc2cc(Cl)ccc2Cl)C(=O)N1c1ccccc1. The van der Waals surface area contributed by atoms with Gasteiger partial charge in [-0.15, -0.1) is 0 Å². The van der Waals surface area contributed by atoms with Crippen molar-refractivity contribution in [2.24, 2.45) is 0 Å². The van der Waals surface area contributed by atoms with E-state index in [0.717, 1.165) is 11.8 Å². The Morgan fingerprint density at radius 3 is 2.44 bits per heavy atom. The number of nitrogens with one attached hydrogen (secondary N) is 1. The van der Waals surface area contributed by atoms with Crippen LogP contribution in [0, 0.1) is 11.3 Å². The fourth-order valence-corrected chi connectivity index (χ4v) is 5.33. The third-order valence-electron chi connectivity index (χ3n) is 5.02. The summed E-state index contributed by atoms with van der Waals surface area (Å²) in [4.78, 5) is 28.0. The van der Waals surface area contributed by atoms with E-state index in [0.29, 0.717) is 32.0 Å². The second-order valence-corrected chi connectivity index (χ2v) is 9.78. The monoisotopic (exact) mass is 527 g/mol. The van der Waals surface area contributed by atoms with Gasteiger partial charge >= 0.3 is 0 Å². The quantitative estimate of drug-likeness (QED) is 0.295. The Bertz CT molecular complexity index is 1340. The molecule has 0 unspecified atom stereocenters. The molecule has 170 valence electrons. The van der Waals surface area contributed by atoms with Gasteiger partial charge in [0.1, 0.15) is 16.7 Å². The molecule has 1 atom stereocenters. The maximum Gasteiger partial charge on any atom is 0.269 e. The van der Waals surface area contributed by atoms with E-state index in [2.05, 4.69) is 5.32 Å². The Labute approximate surface area is 215 Å². The standard InChI is InChI=1S/C25H16Cl3N3O2S/c26-16-5-4-6-18(13-16)30-23(32)20(14-29)25-31(19-7-2-1-3-8-19)24(33)22(34-25)12-15-11-17(27)9-10-21(15)28/h1-11,13,22H,12H2,(H,30,32)/b25-20-/t22-/m0/s1. The van der Waals surface area contributed by atoms with Crippen LogP contribution in [-0.2, 0) is 16.0 Å². The van der Waals surface area contributed by atoms with Crippen LogP contribution in [0.2, 0.25) is 15.1 Å². The summed E-state index contributed by atoms with van der Waals surface area (Å²) in [5.41, 5.74) is 1.52. The van der Waals surface area contributed by atoms with Gasteiger partial charge in [0.2, 0.25) is 5.91 Å². The van der Waals surface area contributed by atoms with E-state index in [-0.39, 0.29) is 22.9 Å². The number of carbonyl (C=O) groups is 2. The summed E-state index contributed by atoms with van der Waals surface area (Å²) in [5, 5.41) is 13.7. The average Bonchev–Trinajstić information content (AvgIpc) is 3.13. The van der Waals surface area contributed by atoms with E-state index >= 15 is 0 Å². The van der Waals surface area contributed by atoms with Crippen LogP contribution < -0.4 is 10.2 Å². The Morgan fingerprint density at radius 2 is 1.74 bits per heavy atom. The van der Waals surface area contributed by atoms with Crippen molar-refractivity contribution in [1.29, 1.82) is 5.26 Å². The first-order chi connectivity index (χ1) is 16.4. The van der Waals surface area contributed by atoms with Crippen LogP contribution in [0.3, 0.4) is 0 Å². The number of anilines is 2. The number of rotatable bonds is 5. The van der Waals surface area contributed by atoms with E-state index in [9.17, 15) is 14.9 Å². The zero-order chi connectivity index (χ0) is 24.2. The molecule has 0 spiro atoms. The van der Waals surface area contributed by atoms with Crippen LogP contribution in [-0.4, -0.2) is 17.1 Å². The van der Waals surface area contributed by atoms with Crippen LogP contribution in [0.5, 0.6) is 0 Å². The number of hydrogen-bond donors (Lipinski definition) is 1. The molecule has 1 aliphatic heterocycles. The molecule has 1 N–H and O–H groups in total. The van der Waals surface area contributed by atoms with Gasteiger partial charge in [0, 0.05) is 26.4 Å². The largest absolute Gasteiger partial charge is 0.321 e. The van der Waals surface area contributed by atoms with Crippen LogP contribution >= 0.6 is 46.6 Å². The Hall–Kier alpha value is -2.95. The average molecular weight is 529 g/mol. The smallest absolute Gasteiger partial charge is 0.269 e. The van der Waals surface area contributed by atoms with Crippen molar-refractivity contribution in [3.05, 3.63) is 104 Å². The molecule has 1 saturated heterocycles. The van der Waals surface area contributed by atoms with Gasteiger partial charge in [0.15, 0.2) is 0 Å². The molecule has 3 aromatic rings. The van der Waals surface area contributed by atoms with Crippen LogP contribution in [0.1, 0.15) is 5.56 Å². The van der Waals surface area contributed by atoms with Crippen LogP contribution in [0.15, 0.2) is 83.4 Å². The van der Waals surface area contributed by atoms with E-state index in [1.54, 1.807) is 66.7 Å². The molecule has 1 fully saturated rings. The topological polar surface area (TPSA) is 73.2 Å². The summed E-state index contributed by atoms with van der Waals surface area (Å²) >= 11 is 19.6. The molecular formula is C25H16Cl3N3O2S. The summed E-state index contributed by atoms with van der Waals surface area (Å²) in [7, 11) is 0. The zero-order valence-corrected chi connectivity index (χ0v) is 20.6. The first kappa shape index (κ1) is 24.2. The lowest BCUT2D eigenvalue weighted by atomic mass is 10.1. The second kappa shape index (κ2) is 10.5. The fraction of sp³-hybridized carbons (Fsp3) is 0.0800. The molecule has 4 rings (SSSR count). The minimum absolute atomic E-state index is 0.179. The summed E-state index contributed by atoms with van der Waals surface area (Å²) in [6, 6.07) is 22.5. The maximum absolute atomic E-state index is 13.5. The predicted molar refractivity (Wildman–Crippen MR) is 138 cm³/mol. The van der Waals surface area contributed by atoms with Gasteiger partial charge in [0.25, 0.3) is 5.91 Å². The highest BCUT2D eigenvalue weighted by Gasteiger charge is 2.41. The number of carbonyl (C=O) groups excluding carboxylic acids is 2. The van der Waals surface area contributed by atoms with Crippen molar-refractivity contribution in [2.75, 3.05) is 10.2 Å². The number of amides is 2. The highest BCUT2D eigenvalue weighted by Crippen LogP contribution is 2.42. The maximum atomic E-state index is 13.5. The minimum atomic E-state index is -0.637. The number of benzene rings is 3. The van der Waals surface area contributed by atoms with Gasteiger partial charge in [-0.3, -0.25) is 14.5 Å². The van der Waals surface area contributed by atoms with Gasteiger partial charge < -0.3 is 5.32 Å². The summed E-state index contributed by atoms with van der Waals surface area (Å²) < 4.78 is 0. The zero-order valence-electron chi connectivity index (χ0n) is 17.5. The van der Waals surface area contributed by atoms with E-state index in [4.69, 9.17) is 34.8 Å². The molecule has 0 aromatic heterocycles. The van der Waals surface area contributed by atoms with Gasteiger partial charge in [-0.25, -0.2) is 0 Å². The first-order valence-corrected chi connectivity index (χ1v) is 12.1. The Balaban J connectivity index is 1.73. The summed E-state index contributed by atoms with van der Waals surface area (Å²) in [6.45, 7) is 0. The molecular weight excluding hydrogens is 513 g/mol. The molecule has 0 aliphatic carbocycles. The van der Waals surface area contributed by atoms with E-state index in [1.165, 1.54) is 4.90 Å². The summed E-state index contributed by atoms with van der Waals surface area (Å²) in [6.07, 6.45) is 0.282. The molecule has 1 heterocycles. The third-order valence-corrected chi connectivity index (χ3v) is 7.12. The molecule has 2 amide bonds. The molecule has 5 nitrogen and oxygen atoms in total. The van der Waals surface area contributed by atoms with Crippen molar-refractivity contribution in [3.8, 4) is 6.07 Å². The van der Waals surface area contributed by atoms with Crippen LogP contribution in [0.25, 0.3) is 0 Å². The van der Waals surface area contributed by atoms with Crippen molar-refractivity contribution in [2.45, 2.75) is 11.7 Å². The number of para-hydroxylation sites is 1. The van der Waals surface area contributed by atoms with E-state index < -0.39 is 11.2 Å². The lowest BCUT2D eigenvalue weighted by Gasteiger charge is -2.18. The molecule has 9 heteroatoms. The Kier molecular flexibility index (Phi) is 7.50. The van der Waals surface area contributed by atoms with Crippen molar-refractivity contribution in [3.63, 3.8) is 0 Å². The third kappa shape index (κ3) is 5.24. The molecule has 34 heavy (non-hydrogen) atoms. The molecule has 1 aliphatic rings. The van der Waals surface area contributed by atoms with Crippen molar-refractivity contribution < 1.29 is 9.59 Å². The van der Waals surface area contributed by atoms with Crippen LogP contribution in [0.4, 0.5) is 11.4 Å². The van der Waals surface area contributed by atoms with Gasteiger partial charge in [-0.2, -0.15) is 5.26 Å².